The first kappa shape index (κ1) is 18.2. The van der Waals surface area contributed by atoms with Crippen molar-refractivity contribution in [2.24, 2.45) is 0 Å². The van der Waals surface area contributed by atoms with E-state index in [4.69, 9.17) is 0 Å². The summed E-state index contributed by atoms with van der Waals surface area (Å²) in [7, 11) is 0. The lowest BCUT2D eigenvalue weighted by Gasteiger charge is -2.14. The molecule has 0 saturated heterocycles. The fourth-order valence-corrected chi connectivity index (χ4v) is 2.93. The van der Waals surface area contributed by atoms with E-state index in [0.717, 1.165) is 0 Å². The summed E-state index contributed by atoms with van der Waals surface area (Å²) in [5.74, 6) is -0.525. The highest BCUT2D eigenvalue weighted by Gasteiger charge is 2.21. The number of hydrogen-bond donors (Lipinski definition) is 1. The van der Waals surface area contributed by atoms with Gasteiger partial charge in [0.1, 0.15) is 0 Å². The molecule has 0 aliphatic rings. The summed E-state index contributed by atoms with van der Waals surface area (Å²) >= 11 is 0. The summed E-state index contributed by atoms with van der Waals surface area (Å²) < 4.78 is 0. The molecule has 0 saturated carbocycles. The van der Waals surface area contributed by atoms with E-state index in [1.54, 1.807) is 50.2 Å². The molecule has 27 heavy (non-hydrogen) atoms. The third kappa shape index (κ3) is 3.27. The summed E-state index contributed by atoms with van der Waals surface area (Å²) in [4.78, 5) is 44.2. The van der Waals surface area contributed by atoms with Gasteiger partial charge in [0.25, 0.3) is 5.56 Å². The van der Waals surface area contributed by atoms with Gasteiger partial charge in [0.2, 0.25) is 0 Å². The molecule has 1 heterocycles. The lowest BCUT2D eigenvalue weighted by atomic mass is 9.87. The van der Waals surface area contributed by atoms with Gasteiger partial charge < -0.3 is 4.98 Å². The van der Waals surface area contributed by atoms with Gasteiger partial charge in [-0.05, 0) is 42.7 Å². The van der Waals surface area contributed by atoms with Crippen molar-refractivity contribution in [1.29, 1.82) is 0 Å². The second-order valence-corrected chi connectivity index (χ2v) is 6.41. The average molecular weight is 358 g/mol. The van der Waals surface area contributed by atoms with E-state index in [-0.39, 0.29) is 17.1 Å². The van der Waals surface area contributed by atoms with Gasteiger partial charge in [0.05, 0.1) is 17.2 Å². The van der Waals surface area contributed by atoms with E-state index >= 15 is 0 Å². The van der Waals surface area contributed by atoms with Crippen LogP contribution in [0.5, 0.6) is 0 Å². The van der Waals surface area contributed by atoms with Crippen molar-refractivity contribution in [2.45, 2.75) is 13.8 Å². The number of nitrogens with one attached hydrogen (secondary N) is 1. The molecule has 1 aromatic heterocycles. The van der Waals surface area contributed by atoms with E-state index in [9.17, 15) is 14.4 Å². The van der Waals surface area contributed by atoms with Crippen molar-refractivity contribution < 1.29 is 9.59 Å². The number of allylic oxidation sites excluding steroid dienone is 2. The Hall–Kier alpha value is -3.60. The van der Waals surface area contributed by atoms with Crippen molar-refractivity contribution in [3.05, 3.63) is 88.5 Å². The zero-order valence-corrected chi connectivity index (χ0v) is 15.1. The molecule has 0 bridgehead atoms. The Morgan fingerprint density at radius 3 is 2.11 bits per heavy atom. The largest absolute Gasteiger partial charge is 0.313 e. The zero-order chi connectivity index (χ0) is 19.7. The zero-order valence-electron chi connectivity index (χ0n) is 15.1. The number of nitrogens with zero attached hydrogens (tertiary/aromatic N) is 1. The van der Waals surface area contributed by atoms with Gasteiger partial charge in [0, 0.05) is 16.7 Å². The molecule has 5 nitrogen and oxygen atoms in total. The van der Waals surface area contributed by atoms with Crippen molar-refractivity contribution in [3.63, 3.8) is 0 Å². The van der Waals surface area contributed by atoms with Crippen LogP contribution in [0.4, 0.5) is 0 Å². The summed E-state index contributed by atoms with van der Waals surface area (Å²) in [6.45, 7) is 10.7. The maximum absolute atomic E-state index is 12.7. The number of Topliss-reactive ketones (excluding diaryl/α,β-unsaturated/α-hetero) is 2. The maximum Gasteiger partial charge on any atom is 0.258 e. The van der Waals surface area contributed by atoms with E-state index in [1.807, 2.05) is 0 Å². The SMILES string of the molecule is C=C(C)C(=O)c1cccc(C(=O)C(=C)C)c1-c1ccc2nc[nH]c(=O)c2c1. The maximum atomic E-state index is 12.7. The molecule has 3 rings (SSSR count). The second kappa shape index (κ2) is 6.96. The van der Waals surface area contributed by atoms with Crippen LogP contribution in [-0.2, 0) is 0 Å². The molecule has 3 aromatic rings. The van der Waals surface area contributed by atoms with Gasteiger partial charge >= 0.3 is 0 Å². The van der Waals surface area contributed by atoms with Crippen LogP contribution < -0.4 is 5.56 Å². The normalized spacial score (nSPS) is 10.6. The summed E-state index contributed by atoms with van der Waals surface area (Å²) in [6, 6.07) is 10.0. The van der Waals surface area contributed by atoms with Gasteiger partial charge in [-0.2, -0.15) is 0 Å². The molecular weight excluding hydrogens is 340 g/mol. The van der Waals surface area contributed by atoms with Crippen molar-refractivity contribution in [2.75, 3.05) is 0 Å². The molecule has 0 aliphatic carbocycles. The number of carbonyl (C=O) groups excluding carboxylic acids is 2. The van der Waals surface area contributed by atoms with Crippen LogP contribution >= 0.6 is 0 Å². The highest BCUT2D eigenvalue weighted by Crippen LogP contribution is 2.32. The molecule has 0 spiro atoms. The van der Waals surface area contributed by atoms with Crippen molar-refractivity contribution >= 4 is 22.5 Å². The van der Waals surface area contributed by atoms with E-state index in [2.05, 4.69) is 23.1 Å². The molecule has 0 amide bonds. The van der Waals surface area contributed by atoms with Crippen LogP contribution in [0.25, 0.3) is 22.0 Å². The average Bonchev–Trinajstić information content (AvgIpc) is 2.66. The standard InChI is InChI=1S/C22H18N2O3/c1-12(2)20(25)15-6-5-7-16(21(26)13(3)4)19(15)14-8-9-18-17(10-14)22(27)24-11-23-18/h5-11H,1,3H2,2,4H3,(H,23,24,27). The monoisotopic (exact) mass is 358 g/mol. The molecule has 1 N–H and O–H groups in total. The summed E-state index contributed by atoms with van der Waals surface area (Å²) in [5, 5.41) is 0.376. The first-order valence-corrected chi connectivity index (χ1v) is 8.32. The number of fused-ring (bicyclic) bond motifs is 1. The number of H-pyrrole nitrogens is 1. The number of aromatic amines is 1. The third-order valence-electron chi connectivity index (χ3n) is 4.26. The Kier molecular flexibility index (Phi) is 4.69. The minimum atomic E-state index is -0.293. The number of carbonyl (C=O) groups is 2. The Labute approximate surface area is 156 Å². The van der Waals surface area contributed by atoms with Crippen LogP contribution in [-0.4, -0.2) is 21.5 Å². The predicted molar refractivity (Wildman–Crippen MR) is 106 cm³/mol. The van der Waals surface area contributed by atoms with Crippen molar-refractivity contribution in [1.82, 2.24) is 9.97 Å². The number of benzene rings is 2. The van der Waals surface area contributed by atoms with Gasteiger partial charge in [0.15, 0.2) is 11.6 Å². The first-order valence-electron chi connectivity index (χ1n) is 8.32. The van der Waals surface area contributed by atoms with Gasteiger partial charge in [-0.1, -0.05) is 37.4 Å². The van der Waals surface area contributed by atoms with Crippen LogP contribution in [0.15, 0.2) is 71.8 Å². The smallest absolute Gasteiger partial charge is 0.258 e. The highest BCUT2D eigenvalue weighted by atomic mass is 16.1. The molecular formula is C22H18N2O3. The van der Waals surface area contributed by atoms with E-state index in [0.29, 0.717) is 44.3 Å². The molecule has 0 atom stereocenters. The number of ketones is 2. The minimum absolute atomic E-state index is 0.262. The number of hydrogen-bond acceptors (Lipinski definition) is 4. The fraction of sp³-hybridized carbons (Fsp3) is 0.0909. The third-order valence-corrected chi connectivity index (χ3v) is 4.26. The van der Waals surface area contributed by atoms with E-state index < -0.39 is 0 Å². The Morgan fingerprint density at radius 2 is 1.56 bits per heavy atom. The number of aromatic nitrogens is 2. The fourth-order valence-electron chi connectivity index (χ4n) is 2.93. The highest BCUT2D eigenvalue weighted by molar-refractivity contribution is 6.18. The van der Waals surface area contributed by atoms with Crippen LogP contribution in [0, 0.1) is 0 Å². The van der Waals surface area contributed by atoms with E-state index in [1.165, 1.54) is 6.33 Å². The summed E-state index contributed by atoms with van der Waals surface area (Å²) in [6.07, 6.45) is 1.33. The molecule has 5 heteroatoms. The number of rotatable bonds is 5. The predicted octanol–water partition coefficient (Wildman–Crippen LogP) is 4.11. The molecule has 0 unspecified atom stereocenters. The quantitative estimate of drug-likeness (QED) is 0.550. The van der Waals surface area contributed by atoms with Gasteiger partial charge in [-0.25, -0.2) is 4.98 Å². The Bertz CT molecular complexity index is 1140. The Morgan fingerprint density at radius 1 is 0.963 bits per heavy atom. The second-order valence-electron chi connectivity index (χ2n) is 6.41. The van der Waals surface area contributed by atoms with Crippen LogP contribution in [0.2, 0.25) is 0 Å². The van der Waals surface area contributed by atoms with Gasteiger partial charge in [-0.3, -0.25) is 14.4 Å². The molecule has 0 radical (unpaired) electrons. The molecule has 134 valence electrons. The topological polar surface area (TPSA) is 79.9 Å². The lowest BCUT2D eigenvalue weighted by molar-refractivity contribution is 0.103. The van der Waals surface area contributed by atoms with Crippen molar-refractivity contribution in [3.8, 4) is 11.1 Å². The molecule has 0 aliphatic heterocycles. The minimum Gasteiger partial charge on any atom is -0.313 e. The molecule has 2 aromatic carbocycles. The lowest BCUT2D eigenvalue weighted by Crippen LogP contribution is -2.10. The Balaban J connectivity index is 2.39. The molecule has 0 fully saturated rings. The first-order chi connectivity index (χ1) is 12.8. The summed E-state index contributed by atoms with van der Waals surface area (Å²) in [5.41, 5.74) is 2.70. The van der Waals surface area contributed by atoms with Crippen LogP contribution in [0.3, 0.4) is 0 Å². The van der Waals surface area contributed by atoms with Crippen LogP contribution in [0.1, 0.15) is 34.6 Å². The van der Waals surface area contributed by atoms with Gasteiger partial charge in [-0.15, -0.1) is 0 Å².